The van der Waals surface area contributed by atoms with E-state index in [0.29, 0.717) is 11.4 Å². The Bertz CT molecular complexity index is 732. The Morgan fingerprint density at radius 2 is 1.73 bits per heavy atom. The van der Waals surface area contributed by atoms with Crippen LogP contribution in [-0.2, 0) is 10.0 Å². The Kier molecular flexibility index (Phi) is 4.76. The van der Waals surface area contributed by atoms with E-state index in [1.54, 1.807) is 12.1 Å². The van der Waals surface area contributed by atoms with Gasteiger partial charge in [-0.15, -0.1) is 0 Å². The molecule has 0 bridgehead atoms. The lowest BCUT2D eigenvalue weighted by molar-refractivity contribution is 0.334. The summed E-state index contributed by atoms with van der Waals surface area (Å²) in [6.07, 6.45) is 3.38. The highest BCUT2D eigenvalue weighted by molar-refractivity contribution is 7.89. The minimum Gasteiger partial charge on any atom is -0.303 e. The Morgan fingerprint density at radius 3 is 2.55 bits per heavy atom. The highest BCUT2D eigenvalue weighted by Gasteiger charge is 2.17. The molecule has 1 aliphatic heterocycles. The monoisotopic (exact) mass is 318 g/mol. The van der Waals surface area contributed by atoms with Gasteiger partial charge in [-0.05, 0) is 50.3 Å². The summed E-state index contributed by atoms with van der Waals surface area (Å²) in [5.41, 5.74) is 0. The fraction of sp³-hybridized carbons (Fsp3) is 0.412. The van der Waals surface area contributed by atoms with E-state index in [-0.39, 0.29) is 0 Å². The van der Waals surface area contributed by atoms with Crippen molar-refractivity contribution in [1.29, 1.82) is 0 Å². The summed E-state index contributed by atoms with van der Waals surface area (Å²) in [7, 11) is -3.45. The molecule has 5 heteroatoms. The van der Waals surface area contributed by atoms with Crippen LogP contribution < -0.4 is 4.72 Å². The molecule has 4 nitrogen and oxygen atoms in total. The predicted molar refractivity (Wildman–Crippen MR) is 89.4 cm³/mol. The van der Waals surface area contributed by atoms with Crippen molar-refractivity contribution in [2.75, 3.05) is 26.2 Å². The normalized spacial score (nSPS) is 16.4. The smallest absolute Gasteiger partial charge is 0.241 e. The number of hydrogen-bond donors (Lipinski definition) is 1. The van der Waals surface area contributed by atoms with E-state index in [1.807, 2.05) is 30.3 Å². The molecule has 0 amide bonds. The van der Waals surface area contributed by atoms with Gasteiger partial charge in [0.2, 0.25) is 10.0 Å². The molecule has 0 saturated carbocycles. The second-order valence-corrected chi connectivity index (χ2v) is 7.51. The van der Waals surface area contributed by atoms with Gasteiger partial charge in [-0.3, -0.25) is 0 Å². The first-order valence-electron chi connectivity index (χ1n) is 7.87. The zero-order valence-electron chi connectivity index (χ0n) is 12.7. The van der Waals surface area contributed by atoms with E-state index in [2.05, 4.69) is 9.62 Å². The molecule has 3 rings (SSSR count). The van der Waals surface area contributed by atoms with Crippen LogP contribution in [0.25, 0.3) is 10.8 Å². The lowest BCUT2D eigenvalue weighted by Crippen LogP contribution is -2.28. The second-order valence-electron chi connectivity index (χ2n) is 5.78. The lowest BCUT2D eigenvalue weighted by Gasteiger charge is -2.14. The quantitative estimate of drug-likeness (QED) is 0.833. The summed E-state index contributed by atoms with van der Waals surface area (Å²) in [5.74, 6) is 0. The predicted octanol–water partition coefficient (Wildman–Crippen LogP) is 2.60. The molecule has 1 fully saturated rings. The third kappa shape index (κ3) is 3.48. The van der Waals surface area contributed by atoms with Crippen LogP contribution in [0.1, 0.15) is 19.3 Å². The van der Waals surface area contributed by atoms with Crippen molar-refractivity contribution in [3.8, 4) is 0 Å². The first-order valence-corrected chi connectivity index (χ1v) is 9.35. The number of rotatable bonds is 6. The van der Waals surface area contributed by atoms with Crippen molar-refractivity contribution in [2.24, 2.45) is 0 Å². The van der Waals surface area contributed by atoms with Crippen molar-refractivity contribution in [3.63, 3.8) is 0 Å². The van der Waals surface area contributed by atoms with Gasteiger partial charge in [-0.1, -0.05) is 36.4 Å². The molecule has 0 atom stereocenters. The second kappa shape index (κ2) is 6.77. The van der Waals surface area contributed by atoms with E-state index in [0.717, 1.165) is 36.8 Å². The summed E-state index contributed by atoms with van der Waals surface area (Å²) >= 11 is 0. The molecule has 2 aromatic carbocycles. The fourth-order valence-corrected chi connectivity index (χ4v) is 4.32. The summed E-state index contributed by atoms with van der Waals surface area (Å²) in [6.45, 7) is 3.76. The summed E-state index contributed by atoms with van der Waals surface area (Å²) in [5, 5.41) is 1.72. The Balaban J connectivity index is 1.66. The molecule has 1 N–H and O–H groups in total. The Morgan fingerprint density at radius 1 is 1.00 bits per heavy atom. The summed E-state index contributed by atoms with van der Waals surface area (Å²) < 4.78 is 27.8. The largest absolute Gasteiger partial charge is 0.303 e. The number of sulfonamides is 1. The van der Waals surface area contributed by atoms with Gasteiger partial charge in [0.05, 0.1) is 4.90 Å². The highest BCUT2D eigenvalue weighted by Crippen LogP contribution is 2.22. The van der Waals surface area contributed by atoms with E-state index in [4.69, 9.17) is 0 Å². The van der Waals surface area contributed by atoms with Crippen LogP contribution in [0.4, 0.5) is 0 Å². The van der Waals surface area contributed by atoms with Crippen molar-refractivity contribution in [1.82, 2.24) is 9.62 Å². The Labute approximate surface area is 132 Å². The standard InChI is InChI=1S/C17H22N2O2S/c20-22(21,18-11-6-14-19-12-3-4-13-19)17-10-5-8-15-7-1-2-9-16(15)17/h1-2,5,7-10,18H,3-4,6,11-14H2. The molecule has 0 spiro atoms. The van der Waals surface area contributed by atoms with Gasteiger partial charge >= 0.3 is 0 Å². The number of fused-ring (bicyclic) bond motifs is 1. The molecular weight excluding hydrogens is 296 g/mol. The number of likely N-dealkylation sites (tertiary alicyclic amines) is 1. The SMILES string of the molecule is O=S(=O)(NCCCN1CCCC1)c1cccc2ccccc12. The van der Waals surface area contributed by atoms with Crippen LogP contribution in [0.3, 0.4) is 0 Å². The molecule has 2 aromatic rings. The maximum absolute atomic E-state index is 12.5. The molecule has 0 aromatic heterocycles. The van der Waals surface area contributed by atoms with Crippen LogP contribution in [0.5, 0.6) is 0 Å². The molecule has 118 valence electrons. The first kappa shape index (κ1) is 15.5. The van der Waals surface area contributed by atoms with Gasteiger partial charge in [-0.2, -0.15) is 0 Å². The van der Waals surface area contributed by atoms with Crippen molar-refractivity contribution < 1.29 is 8.42 Å². The van der Waals surface area contributed by atoms with Gasteiger partial charge in [-0.25, -0.2) is 13.1 Å². The van der Waals surface area contributed by atoms with E-state index in [1.165, 1.54) is 12.8 Å². The number of hydrogen-bond acceptors (Lipinski definition) is 3. The van der Waals surface area contributed by atoms with Crippen LogP contribution in [0, 0.1) is 0 Å². The number of nitrogens with one attached hydrogen (secondary N) is 1. The molecule has 0 aliphatic carbocycles. The molecular formula is C17H22N2O2S. The molecule has 1 aliphatic rings. The van der Waals surface area contributed by atoms with Crippen LogP contribution in [0.2, 0.25) is 0 Å². The minimum absolute atomic E-state index is 0.367. The minimum atomic E-state index is -3.45. The molecule has 0 unspecified atom stereocenters. The van der Waals surface area contributed by atoms with Crippen LogP contribution >= 0.6 is 0 Å². The van der Waals surface area contributed by atoms with Crippen LogP contribution in [-0.4, -0.2) is 39.5 Å². The topological polar surface area (TPSA) is 49.4 Å². The average Bonchev–Trinajstić information content (AvgIpc) is 3.04. The number of benzene rings is 2. The van der Waals surface area contributed by atoms with Crippen molar-refractivity contribution in [3.05, 3.63) is 42.5 Å². The maximum Gasteiger partial charge on any atom is 0.241 e. The fourth-order valence-electron chi connectivity index (χ4n) is 3.02. The van der Waals surface area contributed by atoms with E-state index in [9.17, 15) is 8.42 Å². The zero-order valence-corrected chi connectivity index (χ0v) is 13.5. The van der Waals surface area contributed by atoms with Gasteiger partial charge < -0.3 is 4.90 Å². The number of nitrogens with zero attached hydrogens (tertiary/aromatic N) is 1. The molecule has 1 heterocycles. The highest BCUT2D eigenvalue weighted by atomic mass is 32.2. The first-order chi connectivity index (χ1) is 10.7. The van der Waals surface area contributed by atoms with Crippen molar-refractivity contribution >= 4 is 20.8 Å². The summed E-state index contributed by atoms with van der Waals surface area (Å²) in [4.78, 5) is 2.76. The van der Waals surface area contributed by atoms with Gasteiger partial charge in [0, 0.05) is 11.9 Å². The van der Waals surface area contributed by atoms with E-state index >= 15 is 0 Å². The Hall–Kier alpha value is -1.43. The van der Waals surface area contributed by atoms with Gasteiger partial charge in [0.25, 0.3) is 0 Å². The molecule has 0 radical (unpaired) electrons. The van der Waals surface area contributed by atoms with E-state index < -0.39 is 10.0 Å². The zero-order chi connectivity index (χ0) is 15.4. The summed E-state index contributed by atoms with van der Waals surface area (Å²) in [6, 6.07) is 13.0. The van der Waals surface area contributed by atoms with Gasteiger partial charge in [0.1, 0.15) is 0 Å². The van der Waals surface area contributed by atoms with Crippen molar-refractivity contribution in [2.45, 2.75) is 24.2 Å². The van der Waals surface area contributed by atoms with Crippen LogP contribution in [0.15, 0.2) is 47.4 Å². The molecule has 22 heavy (non-hydrogen) atoms. The average molecular weight is 318 g/mol. The third-order valence-electron chi connectivity index (χ3n) is 4.18. The molecule has 1 saturated heterocycles. The lowest BCUT2D eigenvalue weighted by atomic mass is 10.1. The maximum atomic E-state index is 12.5. The third-order valence-corrected chi connectivity index (χ3v) is 5.70. The van der Waals surface area contributed by atoms with Gasteiger partial charge in [0.15, 0.2) is 0 Å².